The molecule has 1 atom stereocenters. The van der Waals surface area contributed by atoms with E-state index in [9.17, 15) is 9.59 Å². The summed E-state index contributed by atoms with van der Waals surface area (Å²) in [5.41, 5.74) is 1.55. The van der Waals surface area contributed by atoms with E-state index in [1.807, 2.05) is 41.8 Å². The lowest BCUT2D eigenvalue weighted by Gasteiger charge is -2.22. The number of carbonyl (C=O) groups is 1. The lowest BCUT2D eigenvalue weighted by molar-refractivity contribution is -0.136. The van der Waals surface area contributed by atoms with Gasteiger partial charge in [0.05, 0.1) is 22.9 Å². The lowest BCUT2D eigenvalue weighted by atomic mass is 10.0. The van der Waals surface area contributed by atoms with Gasteiger partial charge in [0, 0.05) is 21.5 Å². The lowest BCUT2D eigenvalue weighted by Crippen LogP contribution is -2.39. The normalized spacial score (nSPS) is 16.0. The number of benzene rings is 1. The van der Waals surface area contributed by atoms with Crippen molar-refractivity contribution in [1.82, 2.24) is 4.57 Å². The van der Waals surface area contributed by atoms with Crippen LogP contribution in [0, 0.1) is 0 Å². The quantitative estimate of drug-likeness (QED) is 0.393. The van der Waals surface area contributed by atoms with Crippen LogP contribution < -0.4 is 14.9 Å². The highest BCUT2D eigenvalue weighted by molar-refractivity contribution is 7.10. The van der Waals surface area contributed by atoms with Crippen molar-refractivity contribution >= 4 is 46.3 Å². The number of halogens is 1. The van der Waals surface area contributed by atoms with E-state index in [2.05, 4.69) is 4.99 Å². The number of thiazole rings is 1. The third kappa shape index (κ3) is 3.90. The van der Waals surface area contributed by atoms with Crippen LogP contribution in [0.3, 0.4) is 0 Å². The van der Waals surface area contributed by atoms with Crippen molar-refractivity contribution in [2.45, 2.75) is 13.0 Å². The SMILES string of the molecule is COC(=O)C1=C(C)N=c2s/c(=C\c3ccc(-c4ccc(Cl)cc4)o3)c(=O)n2[C@H]1c1cccs1. The number of rotatable bonds is 4. The molecule has 33 heavy (non-hydrogen) atoms. The minimum atomic E-state index is -0.586. The van der Waals surface area contributed by atoms with E-state index in [4.69, 9.17) is 20.8 Å². The number of ether oxygens (including phenoxy) is 1. The van der Waals surface area contributed by atoms with Crippen LogP contribution >= 0.6 is 34.3 Å². The molecule has 0 radical (unpaired) electrons. The highest BCUT2D eigenvalue weighted by atomic mass is 35.5. The minimum absolute atomic E-state index is 0.240. The Labute approximate surface area is 201 Å². The summed E-state index contributed by atoms with van der Waals surface area (Å²) in [5, 5.41) is 2.56. The largest absolute Gasteiger partial charge is 0.466 e. The Balaban J connectivity index is 1.62. The van der Waals surface area contributed by atoms with Crippen LogP contribution in [0.5, 0.6) is 0 Å². The molecule has 1 aliphatic heterocycles. The van der Waals surface area contributed by atoms with Gasteiger partial charge in [0.15, 0.2) is 4.80 Å². The van der Waals surface area contributed by atoms with Gasteiger partial charge in [-0.05, 0) is 54.8 Å². The number of furan rings is 1. The third-order valence-corrected chi connectivity index (χ3v) is 7.43. The van der Waals surface area contributed by atoms with Crippen molar-refractivity contribution in [2.75, 3.05) is 7.11 Å². The fourth-order valence-electron chi connectivity index (χ4n) is 3.74. The second-order valence-electron chi connectivity index (χ2n) is 7.30. The van der Waals surface area contributed by atoms with Gasteiger partial charge in [0.2, 0.25) is 0 Å². The van der Waals surface area contributed by atoms with Crippen molar-refractivity contribution < 1.29 is 13.9 Å². The maximum atomic E-state index is 13.5. The molecule has 6 nitrogen and oxygen atoms in total. The van der Waals surface area contributed by atoms with Crippen molar-refractivity contribution in [2.24, 2.45) is 4.99 Å². The Bertz CT molecular complexity index is 1560. The second kappa shape index (κ2) is 8.62. The Morgan fingerprint density at radius 2 is 2.00 bits per heavy atom. The van der Waals surface area contributed by atoms with Crippen LogP contribution in [0.25, 0.3) is 17.4 Å². The Hall–Kier alpha value is -3.20. The average Bonchev–Trinajstić information content (AvgIpc) is 3.55. The van der Waals surface area contributed by atoms with Gasteiger partial charge in [0.25, 0.3) is 5.56 Å². The number of hydrogen-bond acceptors (Lipinski definition) is 7. The number of carbonyl (C=O) groups excluding carboxylic acids is 1. The number of methoxy groups -OCH3 is 1. The average molecular weight is 497 g/mol. The minimum Gasteiger partial charge on any atom is -0.466 e. The van der Waals surface area contributed by atoms with Crippen molar-refractivity contribution in [3.8, 4) is 11.3 Å². The van der Waals surface area contributed by atoms with Crippen molar-refractivity contribution in [3.63, 3.8) is 0 Å². The Morgan fingerprint density at radius 3 is 2.70 bits per heavy atom. The van der Waals surface area contributed by atoms with Gasteiger partial charge in [-0.3, -0.25) is 9.36 Å². The molecule has 166 valence electrons. The van der Waals surface area contributed by atoms with Crippen LogP contribution in [0.2, 0.25) is 5.02 Å². The molecule has 0 saturated heterocycles. The molecule has 0 unspecified atom stereocenters. The summed E-state index contributed by atoms with van der Waals surface area (Å²) in [7, 11) is 1.33. The predicted molar refractivity (Wildman–Crippen MR) is 129 cm³/mol. The topological polar surface area (TPSA) is 73.8 Å². The second-order valence-corrected chi connectivity index (χ2v) is 9.72. The summed E-state index contributed by atoms with van der Waals surface area (Å²) < 4.78 is 13.0. The highest BCUT2D eigenvalue weighted by Crippen LogP contribution is 2.33. The van der Waals surface area contributed by atoms with Crippen LogP contribution in [0.1, 0.15) is 23.6 Å². The standard InChI is InChI=1S/C24H17ClN2O4S2/c1-13-20(23(29)30-2)21(18-4-3-11-32-18)27-22(28)19(33-24(27)26-13)12-16-9-10-17(31-16)14-5-7-15(25)8-6-14/h3-12,21H,1-2H3/b19-12-/t21-/m0/s1. The molecule has 4 aromatic rings. The monoisotopic (exact) mass is 496 g/mol. The number of hydrogen-bond donors (Lipinski definition) is 0. The van der Waals surface area contributed by atoms with Gasteiger partial charge < -0.3 is 9.15 Å². The summed E-state index contributed by atoms with van der Waals surface area (Å²) in [6, 6.07) is 14.2. The summed E-state index contributed by atoms with van der Waals surface area (Å²) >= 11 is 8.70. The molecule has 4 heterocycles. The molecule has 0 spiro atoms. The zero-order valence-electron chi connectivity index (χ0n) is 17.6. The molecule has 5 rings (SSSR count). The van der Waals surface area contributed by atoms with E-state index in [1.54, 1.807) is 29.7 Å². The molecular formula is C24H17ClN2O4S2. The molecule has 1 aromatic carbocycles. The number of esters is 1. The van der Waals surface area contributed by atoms with E-state index in [-0.39, 0.29) is 5.56 Å². The van der Waals surface area contributed by atoms with Gasteiger partial charge in [0.1, 0.15) is 17.6 Å². The highest BCUT2D eigenvalue weighted by Gasteiger charge is 2.33. The molecule has 0 N–H and O–H groups in total. The maximum absolute atomic E-state index is 13.5. The molecule has 0 aliphatic carbocycles. The van der Waals surface area contributed by atoms with E-state index >= 15 is 0 Å². The number of fused-ring (bicyclic) bond motifs is 1. The molecule has 0 fully saturated rings. The Morgan fingerprint density at radius 1 is 1.21 bits per heavy atom. The summed E-state index contributed by atoms with van der Waals surface area (Å²) in [5.74, 6) is 0.718. The maximum Gasteiger partial charge on any atom is 0.338 e. The Kier molecular flexibility index (Phi) is 5.65. The smallest absolute Gasteiger partial charge is 0.338 e. The molecule has 1 aliphatic rings. The first kappa shape index (κ1) is 21.6. The molecule has 0 bridgehead atoms. The summed E-state index contributed by atoms with van der Waals surface area (Å²) in [6.07, 6.45) is 1.70. The molecule has 0 saturated carbocycles. The fraction of sp³-hybridized carbons (Fsp3) is 0.125. The van der Waals surface area contributed by atoms with Gasteiger partial charge in [-0.15, -0.1) is 11.3 Å². The van der Waals surface area contributed by atoms with Crippen LogP contribution in [0.4, 0.5) is 0 Å². The fourth-order valence-corrected chi connectivity index (χ4v) is 5.71. The van der Waals surface area contributed by atoms with E-state index in [1.165, 1.54) is 29.8 Å². The van der Waals surface area contributed by atoms with E-state index in [0.29, 0.717) is 37.1 Å². The van der Waals surface area contributed by atoms with Gasteiger partial charge in [-0.1, -0.05) is 29.0 Å². The number of nitrogens with zero attached hydrogens (tertiary/aromatic N) is 2. The van der Waals surface area contributed by atoms with Crippen molar-refractivity contribution in [1.29, 1.82) is 0 Å². The summed E-state index contributed by atoms with van der Waals surface area (Å²) in [4.78, 5) is 32.0. The number of allylic oxidation sites excluding steroid dienone is 1. The van der Waals surface area contributed by atoms with Gasteiger partial charge >= 0.3 is 5.97 Å². The van der Waals surface area contributed by atoms with E-state index in [0.717, 1.165) is 10.4 Å². The zero-order valence-corrected chi connectivity index (χ0v) is 20.0. The van der Waals surface area contributed by atoms with Crippen LogP contribution in [-0.2, 0) is 9.53 Å². The van der Waals surface area contributed by atoms with Crippen molar-refractivity contribution in [3.05, 3.63) is 101 Å². The first-order valence-electron chi connectivity index (χ1n) is 9.96. The first-order chi connectivity index (χ1) is 16.0. The van der Waals surface area contributed by atoms with Crippen LogP contribution in [-0.4, -0.2) is 17.6 Å². The zero-order chi connectivity index (χ0) is 23.1. The number of aromatic nitrogens is 1. The number of thiophene rings is 1. The molecular weight excluding hydrogens is 480 g/mol. The molecule has 0 amide bonds. The summed E-state index contributed by atoms with van der Waals surface area (Å²) in [6.45, 7) is 1.76. The first-order valence-corrected chi connectivity index (χ1v) is 12.0. The third-order valence-electron chi connectivity index (χ3n) is 5.27. The molecule has 9 heteroatoms. The molecule has 3 aromatic heterocycles. The van der Waals surface area contributed by atoms with Gasteiger partial charge in [-0.2, -0.15) is 0 Å². The van der Waals surface area contributed by atoms with Crippen LogP contribution in [0.15, 0.2) is 79.4 Å². The van der Waals surface area contributed by atoms with Gasteiger partial charge in [-0.25, -0.2) is 9.79 Å². The van der Waals surface area contributed by atoms with E-state index < -0.39 is 12.0 Å². The predicted octanol–water partition coefficient (Wildman–Crippen LogP) is 4.38.